The molecule has 1 fully saturated rings. The van der Waals surface area contributed by atoms with Crippen molar-refractivity contribution in [3.05, 3.63) is 23.9 Å². The topological polar surface area (TPSA) is 89.9 Å². The lowest BCUT2D eigenvalue weighted by Crippen LogP contribution is -2.39. The maximum Gasteiger partial charge on any atom is 0.227 e. The van der Waals surface area contributed by atoms with E-state index in [4.69, 9.17) is 4.52 Å². The van der Waals surface area contributed by atoms with Gasteiger partial charge in [-0.05, 0) is 12.8 Å². The van der Waals surface area contributed by atoms with E-state index < -0.39 is 0 Å². The average Bonchev–Trinajstić information content (AvgIpc) is 3.21. The Balaban J connectivity index is 1.56. The molecule has 0 aliphatic carbocycles. The fourth-order valence-electron chi connectivity index (χ4n) is 3.11. The first-order chi connectivity index (χ1) is 11.8. The molecule has 8 nitrogen and oxygen atoms in total. The Labute approximate surface area is 147 Å². The fourth-order valence-corrected chi connectivity index (χ4v) is 3.11. The molecule has 0 bridgehead atoms. The molecule has 2 aromatic heterocycles. The van der Waals surface area contributed by atoms with Gasteiger partial charge in [0.2, 0.25) is 11.8 Å². The molecule has 1 aliphatic heterocycles. The summed E-state index contributed by atoms with van der Waals surface area (Å²) in [6, 6.07) is 0. The number of aromatic nitrogens is 5. The largest absolute Gasteiger partial charge is 0.342 e. The van der Waals surface area contributed by atoms with E-state index in [1.54, 1.807) is 6.33 Å². The van der Waals surface area contributed by atoms with Crippen LogP contribution < -0.4 is 0 Å². The van der Waals surface area contributed by atoms with Gasteiger partial charge in [-0.3, -0.25) is 4.79 Å². The van der Waals surface area contributed by atoms with E-state index in [1.165, 1.54) is 0 Å². The summed E-state index contributed by atoms with van der Waals surface area (Å²) in [4.78, 5) is 18.9. The highest BCUT2D eigenvalue weighted by molar-refractivity contribution is 5.76. The standard InChI is InChI=1S/C17H26N6O2/c1-17(2,3)16-19-13(25-21-16)7-8-14(24)23-9-5-6-12(10-23)15-20-18-11-22(15)4/h11-12H,5-10H2,1-4H3/t12-/m1/s1. The van der Waals surface area contributed by atoms with Crippen LogP contribution in [0.1, 0.15) is 63.5 Å². The Kier molecular flexibility index (Phi) is 4.87. The highest BCUT2D eigenvalue weighted by Gasteiger charge is 2.28. The molecule has 0 radical (unpaired) electrons. The maximum atomic E-state index is 12.6. The van der Waals surface area contributed by atoms with E-state index in [1.807, 2.05) is 37.3 Å². The van der Waals surface area contributed by atoms with Crippen LogP contribution >= 0.6 is 0 Å². The van der Waals surface area contributed by atoms with Gasteiger partial charge < -0.3 is 14.0 Å². The third-order valence-corrected chi connectivity index (χ3v) is 4.58. The number of likely N-dealkylation sites (tertiary alicyclic amines) is 1. The van der Waals surface area contributed by atoms with Gasteiger partial charge in [0, 0.05) is 44.3 Å². The van der Waals surface area contributed by atoms with Crippen molar-refractivity contribution in [2.24, 2.45) is 7.05 Å². The first-order valence-corrected chi connectivity index (χ1v) is 8.79. The van der Waals surface area contributed by atoms with Crippen LogP contribution in [-0.4, -0.2) is 48.8 Å². The number of nitrogens with zero attached hydrogens (tertiary/aromatic N) is 6. The highest BCUT2D eigenvalue weighted by atomic mass is 16.5. The number of carbonyl (C=O) groups is 1. The van der Waals surface area contributed by atoms with E-state index in [0.29, 0.717) is 31.1 Å². The molecule has 3 rings (SSSR count). The van der Waals surface area contributed by atoms with Crippen molar-refractivity contribution >= 4 is 5.91 Å². The first-order valence-electron chi connectivity index (χ1n) is 8.79. The molecule has 3 heterocycles. The van der Waals surface area contributed by atoms with Crippen LogP contribution in [0.5, 0.6) is 0 Å². The molecule has 136 valence electrons. The fraction of sp³-hybridized carbons (Fsp3) is 0.706. The van der Waals surface area contributed by atoms with Gasteiger partial charge in [0.15, 0.2) is 5.82 Å². The quantitative estimate of drug-likeness (QED) is 0.839. The third kappa shape index (κ3) is 4.05. The van der Waals surface area contributed by atoms with Gasteiger partial charge in [-0.2, -0.15) is 4.98 Å². The second-order valence-electron chi connectivity index (χ2n) is 7.74. The number of piperidine rings is 1. The molecular weight excluding hydrogens is 320 g/mol. The van der Waals surface area contributed by atoms with Crippen LogP contribution in [-0.2, 0) is 23.7 Å². The van der Waals surface area contributed by atoms with E-state index >= 15 is 0 Å². The number of aryl methyl sites for hydroxylation is 2. The highest BCUT2D eigenvalue weighted by Crippen LogP contribution is 2.25. The molecule has 1 amide bonds. The van der Waals surface area contributed by atoms with Crippen molar-refractivity contribution in [3.8, 4) is 0 Å². The lowest BCUT2D eigenvalue weighted by atomic mass is 9.96. The van der Waals surface area contributed by atoms with Gasteiger partial charge in [0.25, 0.3) is 0 Å². The van der Waals surface area contributed by atoms with E-state index in [-0.39, 0.29) is 17.2 Å². The Bertz CT molecular complexity index is 730. The van der Waals surface area contributed by atoms with Gasteiger partial charge in [-0.1, -0.05) is 25.9 Å². The normalized spacial score (nSPS) is 18.6. The Morgan fingerprint density at radius 3 is 2.84 bits per heavy atom. The molecule has 0 unspecified atom stereocenters. The number of hydrogen-bond donors (Lipinski definition) is 0. The monoisotopic (exact) mass is 346 g/mol. The Morgan fingerprint density at radius 2 is 2.20 bits per heavy atom. The van der Waals surface area contributed by atoms with Gasteiger partial charge in [-0.15, -0.1) is 10.2 Å². The molecule has 1 atom stereocenters. The summed E-state index contributed by atoms with van der Waals surface area (Å²) in [5, 5.41) is 12.1. The summed E-state index contributed by atoms with van der Waals surface area (Å²) in [6.45, 7) is 7.60. The lowest BCUT2D eigenvalue weighted by Gasteiger charge is -2.32. The van der Waals surface area contributed by atoms with Gasteiger partial charge in [0.05, 0.1) is 0 Å². The molecule has 25 heavy (non-hydrogen) atoms. The number of rotatable bonds is 4. The number of amides is 1. The smallest absolute Gasteiger partial charge is 0.227 e. The second-order valence-corrected chi connectivity index (χ2v) is 7.74. The van der Waals surface area contributed by atoms with Crippen LogP contribution in [0, 0.1) is 0 Å². The first kappa shape index (κ1) is 17.6. The maximum absolute atomic E-state index is 12.6. The zero-order chi connectivity index (χ0) is 18.0. The van der Waals surface area contributed by atoms with Crippen LogP contribution in [0.25, 0.3) is 0 Å². The van der Waals surface area contributed by atoms with Crippen molar-refractivity contribution in [1.82, 2.24) is 29.8 Å². The molecule has 1 saturated heterocycles. The van der Waals surface area contributed by atoms with Gasteiger partial charge in [0.1, 0.15) is 12.2 Å². The average molecular weight is 346 g/mol. The number of hydrogen-bond acceptors (Lipinski definition) is 6. The summed E-state index contributed by atoms with van der Waals surface area (Å²) in [6.07, 6.45) is 4.59. The summed E-state index contributed by atoms with van der Waals surface area (Å²) in [5.74, 6) is 2.53. The van der Waals surface area contributed by atoms with Gasteiger partial charge in [-0.25, -0.2) is 0 Å². The number of carbonyl (C=O) groups excluding carboxylic acids is 1. The van der Waals surface area contributed by atoms with Crippen molar-refractivity contribution in [1.29, 1.82) is 0 Å². The van der Waals surface area contributed by atoms with Crippen LogP contribution in [0.3, 0.4) is 0 Å². The summed E-state index contributed by atoms with van der Waals surface area (Å²) >= 11 is 0. The summed E-state index contributed by atoms with van der Waals surface area (Å²) < 4.78 is 7.21. The molecule has 0 N–H and O–H groups in total. The molecule has 0 aromatic carbocycles. The van der Waals surface area contributed by atoms with Crippen molar-refractivity contribution in [2.45, 2.75) is 57.8 Å². The minimum atomic E-state index is -0.151. The Morgan fingerprint density at radius 1 is 1.40 bits per heavy atom. The van der Waals surface area contributed by atoms with Gasteiger partial charge >= 0.3 is 0 Å². The molecule has 1 aliphatic rings. The minimum absolute atomic E-state index is 0.127. The summed E-state index contributed by atoms with van der Waals surface area (Å²) in [7, 11) is 1.94. The minimum Gasteiger partial charge on any atom is -0.342 e. The van der Waals surface area contributed by atoms with E-state index in [9.17, 15) is 4.79 Å². The van der Waals surface area contributed by atoms with Crippen LogP contribution in [0.15, 0.2) is 10.9 Å². The third-order valence-electron chi connectivity index (χ3n) is 4.58. The van der Waals surface area contributed by atoms with Crippen molar-refractivity contribution in [2.75, 3.05) is 13.1 Å². The van der Waals surface area contributed by atoms with Crippen molar-refractivity contribution < 1.29 is 9.32 Å². The van der Waals surface area contributed by atoms with E-state index in [0.717, 1.165) is 25.2 Å². The second kappa shape index (κ2) is 6.93. The van der Waals surface area contributed by atoms with Crippen molar-refractivity contribution in [3.63, 3.8) is 0 Å². The molecule has 0 saturated carbocycles. The molecule has 2 aromatic rings. The predicted molar refractivity (Wildman–Crippen MR) is 90.9 cm³/mol. The predicted octanol–water partition coefficient (Wildman–Crippen LogP) is 1.83. The molecular formula is C17H26N6O2. The van der Waals surface area contributed by atoms with E-state index in [2.05, 4.69) is 20.3 Å². The zero-order valence-electron chi connectivity index (χ0n) is 15.4. The lowest BCUT2D eigenvalue weighted by molar-refractivity contribution is -0.132. The molecule has 8 heteroatoms. The molecule has 0 spiro atoms. The van der Waals surface area contributed by atoms with Crippen LogP contribution in [0.4, 0.5) is 0 Å². The van der Waals surface area contributed by atoms with Crippen LogP contribution in [0.2, 0.25) is 0 Å². The zero-order valence-corrected chi connectivity index (χ0v) is 15.4. The SMILES string of the molecule is Cn1cnnc1[C@@H]1CCCN(C(=O)CCc2nc(C(C)(C)C)no2)C1. The summed E-state index contributed by atoms with van der Waals surface area (Å²) in [5.41, 5.74) is -0.151. The Hall–Kier alpha value is -2.25.